The van der Waals surface area contributed by atoms with Crippen molar-refractivity contribution in [2.24, 2.45) is 0 Å². The van der Waals surface area contributed by atoms with E-state index in [0.717, 1.165) is 0 Å². The van der Waals surface area contributed by atoms with Crippen LogP contribution in [0.5, 0.6) is 0 Å². The molecule has 16 heavy (non-hydrogen) atoms. The topological polar surface area (TPSA) is 98.7 Å². The number of rotatable bonds is 5. The first-order chi connectivity index (χ1) is 7.26. The van der Waals surface area contributed by atoms with E-state index in [1.165, 1.54) is 5.32 Å². The van der Waals surface area contributed by atoms with Gasteiger partial charge >= 0.3 is 18.2 Å². The van der Waals surface area contributed by atoms with Gasteiger partial charge < -0.3 is 20.8 Å². The summed E-state index contributed by atoms with van der Waals surface area (Å²) in [5, 5.41) is 20.2. The maximum Gasteiger partial charge on any atom is 0.405 e. The van der Waals surface area contributed by atoms with Crippen LogP contribution >= 0.6 is 0 Å². The van der Waals surface area contributed by atoms with Crippen molar-refractivity contribution in [3.63, 3.8) is 0 Å². The van der Waals surface area contributed by atoms with Crippen molar-refractivity contribution in [1.29, 1.82) is 0 Å². The van der Waals surface area contributed by atoms with Gasteiger partial charge in [-0.05, 0) is 0 Å². The molecule has 0 saturated heterocycles. The molecule has 0 heterocycles. The molecule has 6 nitrogen and oxygen atoms in total. The second-order valence-electron chi connectivity index (χ2n) is 2.85. The number of aliphatic hydroxyl groups is 1. The lowest BCUT2D eigenvalue weighted by Crippen LogP contribution is -2.48. The molecule has 0 rings (SSSR count). The third-order valence-corrected chi connectivity index (χ3v) is 1.47. The fraction of sp³-hybridized carbons (Fsp3) is 0.714. The van der Waals surface area contributed by atoms with Crippen molar-refractivity contribution < 1.29 is 33.0 Å². The number of aliphatic hydroxyl groups excluding tert-OH is 1. The molecule has 2 amide bonds. The first-order valence-electron chi connectivity index (χ1n) is 4.21. The Hall–Kier alpha value is -1.51. The van der Waals surface area contributed by atoms with Crippen molar-refractivity contribution in [2.75, 3.05) is 13.2 Å². The number of hydrogen-bond acceptors (Lipinski definition) is 3. The average Bonchev–Trinajstić information content (AvgIpc) is 2.13. The Morgan fingerprint density at radius 2 is 1.88 bits per heavy atom. The summed E-state index contributed by atoms with van der Waals surface area (Å²) in [7, 11) is 0. The highest BCUT2D eigenvalue weighted by molar-refractivity contribution is 5.82. The molecule has 0 bridgehead atoms. The molecule has 0 aromatic rings. The number of halogens is 3. The van der Waals surface area contributed by atoms with Gasteiger partial charge in [-0.2, -0.15) is 13.2 Å². The summed E-state index contributed by atoms with van der Waals surface area (Å²) in [4.78, 5) is 21.3. The lowest BCUT2D eigenvalue weighted by molar-refractivity contribution is -0.139. The molecule has 0 aliphatic heterocycles. The summed E-state index contributed by atoms with van der Waals surface area (Å²) in [5.74, 6) is -1.43. The van der Waals surface area contributed by atoms with Crippen LogP contribution in [-0.4, -0.2) is 47.6 Å². The van der Waals surface area contributed by atoms with Crippen LogP contribution in [0.3, 0.4) is 0 Å². The van der Waals surface area contributed by atoms with Gasteiger partial charge in [-0.1, -0.05) is 0 Å². The van der Waals surface area contributed by atoms with E-state index in [4.69, 9.17) is 10.2 Å². The number of alkyl halides is 3. The van der Waals surface area contributed by atoms with Crippen LogP contribution in [0.1, 0.15) is 6.42 Å². The van der Waals surface area contributed by atoms with Gasteiger partial charge in [0.25, 0.3) is 0 Å². The molecule has 0 aromatic carbocycles. The number of amides is 2. The molecular weight excluding hydrogens is 233 g/mol. The second-order valence-corrected chi connectivity index (χ2v) is 2.85. The quantitative estimate of drug-likeness (QED) is 0.532. The predicted octanol–water partition coefficient (Wildman–Crippen LogP) is -0.317. The fourth-order valence-electron chi connectivity index (χ4n) is 0.776. The molecule has 0 aliphatic rings. The maximum atomic E-state index is 11.7. The zero-order valence-corrected chi connectivity index (χ0v) is 8.04. The van der Waals surface area contributed by atoms with E-state index in [1.54, 1.807) is 5.32 Å². The van der Waals surface area contributed by atoms with E-state index in [9.17, 15) is 22.8 Å². The molecule has 1 atom stereocenters. The van der Waals surface area contributed by atoms with E-state index in [-0.39, 0.29) is 6.42 Å². The molecular formula is C7H11F3N2O4. The number of aliphatic carboxylic acids is 1. The van der Waals surface area contributed by atoms with Gasteiger partial charge in [-0.25, -0.2) is 9.59 Å². The van der Waals surface area contributed by atoms with Crippen LogP contribution in [0, 0.1) is 0 Å². The molecule has 0 spiro atoms. The van der Waals surface area contributed by atoms with E-state index in [1.807, 2.05) is 0 Å². The standard InChI is InChI=1S/C7H11F3N2O4/c8-7(9,10)3-11-6(16)12-4(1-2-13)5(14)15/h4,13H,1-3H2,(H,14,15)(H2,11,12,16). The van der Waals surface area contributed by atoms with Crippen molar-refractivity contribution in [1.82, 2.24) is 10.6 Å². The second kappa shape index (κ2) is 6.16. The predicted molar refractivity (Wildman–Crippen MR) is 45.7 cm³/mol. The molecule has 0 aliphatic carbocycles. The number of carboxylic acids is 1. The minimum Gasteiger partial charge on any atom is -0.480 e. The van der Waals surface area contributed by atoms with E-state index >= 15 is 0 Å². The Labute approximate surface area is 88.4 Å². The van der Waals surface area contributed by atoms with Gasteiger partial charge in [0.15, 0.2) is 0 Å². The van der Waals surface area contributed by atoms with Crippen molar-refractivity contribution in [2.45, 2.75) is 18.6 Å². The monoisotopic (exact) mass is 244 g/mol. The zero-order chi connectivity index (χ0) is 12.8. The number of urea groups is 1. The summed E-state index contributed by atoms with van der Waals surface area (Å²) in [6, 6.07) is -2.67. The van der Waals surface area contributed by atoms with Gasteiger partial charge in [-0.15, -0.1) is 0 Å². The Kier molecular flexibility index (Phi) is 5.57. The fourth-order valence-corrected chi connectivity index (χ4v) is 0.776. The lowest BCUT2D eigenvalue weighted by atomic mass is 10.2. The van der Waals surface area contributed by atoms with Crippen LogP contribution in [0.2, 0.25) is 0 Å². The van der Waals surface area contributed by atoms with Gasteiger partial charge in [0.05, 0.1) is 0 Å². The summed E-state index contributed by atoms with van der Waals surface area (Å²) < 4.78 is 35.0. The SMILES string of the molecule is O=C(NCC(F)(F)F)NC(CCO)C(=O)O. The molecule has 94 valence electrons. The first kappa shape index (κ1) is 14.5. The molecule has 0 aromatic heterocycles. The van der Waals surface area contributed by atoms with Gasteiger partial charge in [0.1, 0.15) is 12.6 Å². The van der Waals surface area contributed by atoms with Crippen LogP contribution < -0.4 is 10.6 Å². The van der Waals surface area contributed by atoms with Crippen LogP contribution in [0.15, 0.2) is 0 Å². The molecule has 0 saturated carbocycles. The van der Waals surface area contributed by atoms with Crippen molar-refractivity contribution in [3.05, 3.63) is 0 Å². The summed E-state index contributed by atoms with van der Waals surface area (Å²) >= 11 is 0. The van der Waals surface area contributed by atoms with E-state index in [2.05, 4.69) is 0 Å². The lowest BCUT2D eigenvalue weighted by Gasteiger charge is -2.14. The van der Waals surface area contributed by atoms with Crippen LogP contribution in [-0.2, 0) is 4.79 Å². The number of nitrogens with one attached hydrogen (secondary N) is 2. The Balaban J connectivity index is 4.05. The van der Waals surface area contributed by atoms with Gasteiger partial charge in [0, 0.05) is 13.0 Å². The normalized spacial score (nSPS) is 13.0. The van der Waals surface area contributed by atoms with Crippen molar-refractivity contribution >= 4 is 12.0 Å². The van der Waals surface area contributed by atoms with E-state index in [0.29, 0.717) is 0 Å². The Morgan fingerprint density at radius 3 is 2.25 bits per heavy atom. The third-order valence-electron chi connectivity index (χ3n) is 1.47. The van der Waals surface area contributed by atoms with Crippen LogP contribution in [0.4, 0.5) is 18.0 Å². The number of carbonyl (C=O) groups excluding carboxylic acids is 1. The summed E-state index contributed by atoms with van der Waals surface area (Å²) in [5.41, 5.74) is 0. The molecule has 4 N–H and O–H groups in total. The Morgan fingerprint density at radius 1 is 1.31 bits per heavy atom. The Bertz CT molecular complexity index is 257. The summed E-state index contributed by atoms with van der Waals surface area (Å²) in [6.07, 6.45) is -4.85. The van der Waals surface area contributed by atoms with E-state index < -0.39 is 37.4 Å². The molecule has 1 unspecified atom stereocenters. The highest BCUT2D eigenvalue weighted by Gasteiger charge is 2.28. The number of carboxylic acid groups (broad SMARTS) is 1. The highest BCUT2D eigenvalue weighted by Crippen LogP contribution is 2.11. The number of hydrogen-bond donors (Lipinski definition) is 4. The largest absolute Gasteiger partial charge is 0.480 e. The van der Waals surface area contributed by atoms with Gasteiger partial charge in [0.2, 0.25) is 0 Å². The maximum absolute atomic E-state index is 11.7. The highest BCUT2D eigenvalue weighted by atomic mass is 19.4. The smallest absolute Gasteiger partial charge is 0.405 e. The van der Waals surface area contributed by atoms with Crippen molar-refractivity contribution in [3.8, 4) is 0 Å². The van der Waals surface area contributed by atoms with Gasteiger partial charge in [-0.3, -0.25) is 0 Å². The minimum atomic E-state index is -4.56. The zero-order valence-electron chi connectivity index (χ0n) is 8.04. The molecule has 9 heteroatoms. The first-order valence-corrected chi connectivity index (χ1v) is 4.21. The third kappa shape index (κ3) is 6.87. The van der Waals surface area contributed by atoms with Crippen LogP contribution in [0.25, 0.3) is 0 Å². The number of carbonyl (C=O) groups is 2. The summed E-state index contributed by atoms with van der Waals surface area (Å²) in [6.45, 7) is -2.05. The molecule has 0 fully saturated rings. The minimum absolute atomic E-state index is 0.283. The molecule has 0 radical (unpaired) electrons. The average molecular weight is 244 g/mol.